The van der Waals surface area contributed by atoms with Crippen LogP contribution in [0.1, 0.15) is 31.4 Å². The van der Waals surface area contributed by atoms with E-state index in [2.05, 4.69) is 37.5 Å². The number of carbonyl (C=O) groups excluding carboxylic acids is 1. The highest BCUT2D eigenvalue weighted by Crippen LogP contribution is 2.15. The Morgan fingerprint density at radius 2 is 2.06 bits per heavy atom. The Balaban J connectivity index is 2.51. The maximum atomic E-state index is 11.6. The molecule has 1 aromatic carbocycles. The van der Waals surface area contributed by atoms with Crippen LogP contribution < -0.4 is 10.6 Å². The first-order valence-electron chi connectivity index (χ1n) is 6.27. The third-order valence-electron chi connectivity index (χ3n) is 2.72. The van der Waals surface area contributed by atoms with Crippen molar-refractivity contribution in [2.24, 2.45) is 0 Å². The summed E-state index contributed by atoms with van der Waals surface area (Å²) in [6.45, 7) is 7.54. The van der Waals surface area contributed by atoms with Gasteiger partial charge in [0, 0.05) is 5.69 Å². The minimum Gasteiger partial charge on any atom is -0.325 e. The molecule has 0 aliphatic rings. The van der Waals surface area contributed by atoms with Gasteiger partial charge in [0.2, 0.25) is 5.91 Å². The van der Waals surface area contributed by atoms with E-state index in [9.17, 15) is 4.79 Å². The molecule has 2 N–H and O–H groups in total. The van der Waals surface area contributed by atoms with Crippen LogP contribution in [0.15, 0.2) is 18.2 Å². The van der Waals surface area contributed by atoms with Gasteiger partial charge < -0.3 is 10.6 Å². The third kappa shape index (κ3) is 4.57. The summed E-state index contributed by atoms with van der Waals surface area (Å²) in [5, 5.41) is 5.97. The number of hydrogen-bond acceptors (Lipinski definition) is 2. The fraction of sp³-hybridized carbons (Fsp3) is 0.500. The van der Waals surface area contributed by atoms with Gasteiger partial charge in [-0.05, 0) is 49.6 Å². The Hall–Kier alpha value is -1.35. The molecule has 1 aromatic rings. The van der Waals surface area contributed by atoms with Gasteiger partial charge in [0.15, 0.2) is 0 Å². The lowest BCUT2D eigenvalue weighted by Crippen LogP contribution is -2.28. The van der Waals surface area contributed by atoms with Crippen molar-refractivity contribution in [3.8, 4) is 0 Å². The molecular weight excluding hydrogens is 212 g/mol. The summed E-state index contributed by atoms with van der Waals surface area (Å²) < 4.78 is 0. The lowest BCUT2D eigenvalue weighted by molar-refractivity contribution is -0.115. The zero-order valence-electron chi connectivity index (χ0n) is 11.0. The molecule has 1 amide bonds. The highest BCUT2D eigenvalue weighted by molar-refractivity contribution is 5.92. The Morgan fingerprint density at radius 1 is 1.29 bits per heavy atom. The monoisotopic (exact) mass is 234 g/mol. The van der Waals surface area contributed by atoms with Crippen LogP contribution in [-0.4, -0.2) is 19.0 Å². The van der Waals surface area contributed by atoms with Crippen molar-refractivity contribution in [1.29, 1.82) is 0 Å². The van der Waals surface area contributed by atoms with Crippen molar-refractivity contribution in [2.45, 2.75) is 33.6 Å². The van der Waals surface area contributed by atoms with E-state index in [4.69, 9.17) is 0 Å². The van der Waals surface area contributed by atoms with Crippen LogP contribution in [0.5, 0.6) is 0 Å². The zero-order valence-corrected chi connectivity index (χ0v) is 11.0. The van der Waals surface area contributed by atoms with E-state index in [-0.39, 0.29) is 5.91 Å². The topological polar surface area (TPSA) is 41.1 Å². The van der Waals surface area contributed by atoms with E-state index in [1.165, 1.54) is 11.1 Å². The second kappa shape index (κ2) is 7.07. The van der Waals surface area contributed by atoms with Crippen LogP contribution >= 0.6 is 0 Å². The van der Waals surface area contributed by atoms with Gasteiger partial charge in [-0.2, -0.15) is 0 Å². The number of rotatable bonds is 6. The van der Waals surface area contributed by atoms with Crippen molar-refractivity contribution in [3.63, 3.8) is 0 Å². The van der Waals surface area contributed by atoms with Crippen molar-refractivity contribution < 1.29 is 4.79 Å². The molecule has 0 aliphatic carbocycles. The largest absolute Gasteiger partial charge is 0.325 e. The molecule has 0 aliphatic heterocycles. The second-order valence-corrected chi connectivity index (χ2v) is 4.22. The first-order chi connectivity index (χ1) is 8.17. The molecule has 0 saturated carbocycles. The highest BCUT2D eigenvalue weighted by Gasteiger charge is 2.03. The van der Waals surface area contributed by atoms with Crippen LogP contribution in [-0.2, 0) is 11.2 Å². The van der Waals surface area contributed by atoms with Gasteiger partial charge in [0.1, 0.15) is 0 Å². The summed E-state index contributed by atoms with van der Waals surface area (Å²) in [5.74, 6) is 0.0158. The van der Waals surface area contributed by atoms with Gasteiger partial charge in [0.05, 0.1) is 6.54 Å². The molecule has 0 fully saturated rings. The lowest BCUT2D eigenvalue weighted by atomic mass is 10.1. The number of aryl methyl sites for hydroxylation is 2. The van der Waals surface area contributed by atoms with Crippen molar-refractivity contribution in [1.82, 2.24) is 5.32 Å². The van der Waals surface area contributed by atoms with Gasteiger partial charge >= 0.3 is 0 Å². The molecule has 0 unspecified atom stereocenters. The summed E-state index contributed by atoms with van der Waals surface area (Å²) in [6, 6.07) is 6.06. The van der Waals surface area contributed by atoms with E-state index < -0.39 is 0 Å². The molecule has 3 heteroatoms. The minimum atomic E-state index is 0.0158. The fourth-order valence-corrected chi connectivity index (χ4v) is 1.75. The maximum absolute atomic E-state index is 11.6. The van der Waals surface area contributed by atoms with Crippen LogP contribution in [0, 0.1) is 6.92 Å². The average Bonchev–Trinajstić information content (AvgIpc) is 2.29. The molecule has 0 bridgehead atoms. The molecule has 0 spiro atoms. The SMILES string of the molecule is CCCNCC(=O)Nc1ccc(CC)c(C)c1. The number of carbonyl (C=O) groups is 1. The van der Waals surface area contributed by atoms with Crippen molar-refractivity contribution in [2.75, 3.05) is 18.4 Å². The first-order valence-corrected chi connectivity index (χ1v) is 6.27. The second-order valence-electron chi connectivity index (χ2n) is 4.22. The summed E-state index contributed by atoms with van der Waals surface area (Å²) >= 11 is 0. The van der Waals surface area contributed by atoms with E-state index >= 15 is 0 Å². The summed E-state index contributed by atoms with van der Waals surface area (Å²) in [7, 11) is 0. The number of amides is 1. The molecule has 0 radical (unpaired) electrons. The minimum absolute atomic E-state index is 0.0158. The maximum Gasteiger partial charge on any atom is 0.238 e. The normalized spacial score (nSPS) is 10.3. The van der Waals surface area contributed by atoms with Gasteiger partial charge in [-0.15, -0.1) is 0 Å². The highest BCUT2D eigenvalue weighted by atomic mass is 16.1. The fourth-order valence-electron chi connectivity index (χ4n) is 1.75. The molecule has 0 atom stereocenters. The van der Waals surface area contributed by atoms with Gasteiger partial charge in [-0.25, -0.2) is 0 Å². The van der Waals surface area contributed by atoms with E-state index in [1.54, 1.807) is 0 Å². The van der Waals surface area contributed by atoms with Gasteiger partial charge in [0.25, 0.3) is 0 Å². The summed E-state index contributed by atoms with van der Waals surface area (Å²) in [4.78, 5) is 11.6. The molecule has 0 aromatic heterocycles. The Bertz CT molecular complexity index is 374. The Kier molecular flexibility index (Phi) is 5.70. The Labute approximate surface area is 104 Å². The number of hydrogen-bond donors (Lipinski definition) is 2. The standard InChI is InChI=1S/C14H22N2O/c1-4-8-15-10-14(17)16-13-7-6-12(5-2)11(3)9-13/h6-7,9,15H,4-5,8,10H2,1-3H3,(H,16,17). The van der Waals surface area contributed by atoms with Gasteiger partial charge in [-0.3, -0.25) is 4.79 Å². The first kappa shape index (κ1) is 13.7. The summed E-state index contributed by atoms with van der Waals surface area (Å²) in [6.07, 6.45) is 2.07. The molecule has 94 valence electrons. The van der Waals surface area contributed by atoms with Crippen molar-refractivity contribution in [3.05, 3.63) is 29.3 Å². The molecule has 3 nitrogen and oxygen atoms in total. The predicted molar refractivity (Wildman–Crippen MR) is 72.3 cm³/mol. The molecule has 1 rings (SSSR count). The molecular formula is C14H22N2O. The molecule has 0 saturated heterocycles. The van der Waals surface area contributed by atoms with Crippen molar-refractivity contribution >= 4 is 11.6 Å². The number of anilines is 1. The molecule has 0 heterocycles. The van der Waals surface area contributed by atoms with Crippen LogP contribution in [0.4, 0.5) is 5.69 Å². The average molecular weight is 234 g/mol. The van der Waals surface area contributed by atoms with E-state index in [1.807, 2.05) is 12.1 Å². The third-order valence-corrected chi connectivity index (χ3v) is 2.72. The lowest BCUT2D eigenvalue weighted by Gasteiger charge is -2.09. The molecule has 17 heavy (non-hydrogen) atoms. The number of benzene rings is 1. The quantitative estimate of drug-likeness (QED) is 0.742. The van der Waals surface area contributed by atoms with E-state index in [0.717, 1.165) is 25.1 Å². The zero-order chi connectivity index (χ0) is 12.7. The summed E-state index contributed by atoms with van der Waals surface area (Å²) in [5.41, 5.74) is 3.43. The van der Waals surface area contributed by atoms with Gasteiger partial charge in [-0.1, -0.05) is 19.9 Å². The predicted octanol–water partition coefficient (Wildman–Crippen LogP) is 2.50. The van der Waals surface area contributed by atoms with Crippen LogP contribution in [0.3, 0.4) is 0 Å². The number of nitrogens with one attached hydrogen (secondary N) is 2. The van der Waals surface area contributed by atoms with E-state index in [0.29, 0.717) is 6.54 Å². The van der Waals surface area contributed by atoms with Crippen LogP contribution in [0.2, 0.25) is 0 Å². The van der Waals surface area contributed by atoms with Crippen LogP contribution in [0.25, 0.3) is 0 Å². The Morgan fingerprint density at radius 3 is 2.65 bits per heavy atom. The smallest absolute Gasteiger partial charge is 0.238 e.